The van der Waals surface area contributed by atoms with E-state index >= 15 is 0 Å². The maximum atomic E-state index is 12.8. The molecule has 4 rings (SSSR count). The molecule has 8 heteroatoms. The first-order chi connectivity index (χ1) is 15.1. The van der Waals surface area contributed by atoms with Crippen molar-refractivity contribution in [2.24, 2.45) is 5.41 Å². The van der Waals surface area contributed by atoms with Crippen LogP contribution in [0.1, 0.15) is 38.5 Å². The standard InChI is InChI=1S/C23H29N5O3/c29-20(26-18-4-6-19(7-5-18)27-22-24-10-3-11-25-22)16-23(8-1-2-9-23)17-21(30)28-12-14-31-15-13-28/h3-7,10-11H,1-2,8-9,12-17H2,(H,26,29)(H,24,25,27). The van der Waals surface area contributed by atoms with Crippen molar-refractivity contribution >= 4 is 29.1 Å². The van der Waals surface area contributed by atoms with E-state index in [1.165, 1.54) is 0 Å². The van der Waals surface area contributed by atoms with Crippen molar-refractivity contribution in [3.63, 3.8) is 0 Å². The topological polar surface area (TPSA) is 96.5 Å². The Morgan fingerprint density at radius 1 is 0.968 bits per heavy atom. The summed E-state index contributed by atoms with van der Waals surface area (Å²) in [5.41, 5.74) is 1.34. The summed E-state index contributed by atoms with van der Waals surface area (Å²) in [5, 5.41) is 6.11. The average molecular weight is 424 g/mol. The lowest BCUT2D eigenvalue weighted by Gasteiger charge is -2.33. The van der Waals surface area contributed by atoms with Crippen LogP contribution in [0.25, 0.3) is 0 Å². The SMILES string of the molecule is O=C(CC1(CC(=O)N2CCOCC2)CCCC1)Nc1ccc(Nc2ncccn2)cc1. The molecule has 1 saturated heterocycles. The fourth-order valence-electron chi connectivity index (χ4n) is 4.46. The summed E-state index contributed by atoms with van der Waals surface area (Å²) in [6, 6.07) is 9.21. The zero-order valence-electron chi connectivity index (χ0n) is 17.7. The van der Waals surface area contributed by atoms with Crippen LogP contribution >= 0.6 is 0 Å². The van der Waals surface area contributed by atoms with Gasteiger partial charge in [0.15, 0.2) is 0 Å². The molecule has 2 aliphatic rings. The van der Waals surface area contributed by atoms with Gasteiger partial charge < -0.3 is 20.3 Å². The van der Waals surface area contributed by atoms with E-state index in [-0.39, 0.29) is 17.2 Å². The third-order valence-corrected chi connectivity index (χ3v) is 6.08. The number of morpholine rings is 1. The lowest BCUT2D eigenvalue weighted by Crippen LogP contribution is -2.43. The Labute approximate surface area is 182 Å². The van der Waals surface area contributed by atoms with Gasteiger partial charge in [-0.3, -0.25) is 9.59 Å². The van der Waals surface area contributed by atoms with E-state index < -0.39 is 0 Å². The highest BCUT2D eigenvalue weighted by molar-refractivity contribution is 5.92. The average Bonchev–Trinajstić information content (AvgIpc) is 3.24. The number of hydrogen-bond acceptors (Lipinski definition) is 6. The van der Waals surface area contributed by atoms with Crippen LogP contribution in [0.4, 0.5) is 17.3 Å². The molecule has 2 heterocycles. The number of carbonyl (C=O) groups excluding carboxylic acids is 2. The van der Waals surface area contributed by atoms with Crippen LogP contribution in [0.3, 0.4) is 0 Å². The van der Waals surface area contributed by atoms with Gasteiger partial charge in [0, 0.05) is 49.7 Å². The molecule has 2 amide bonds. The minimum Gasteiger partial charge on any atom is -0.378 e. The van der Waals surface area contributed by atoms with E-state index in [0.29, 0.717) is 45.1 Å². The molecule has 1 aromatic heterocycles. The van der Waals surface area contributed by atoms with Crippen LogP contribution in [0.15, 0.2) is 42.7 Å². The normalized spacial score (nSPS) is 17.9. The molecule has 1 saturated carbocycles. The van der Waals surface area contributed by atoms with Crippen molar-refractivity contribution in [2.75, 3.05) is 36.9 Å². The molecule has 0 bridgehead atoms. The Hall–Kier alpha value is -3.00. The van der Waals surface area contributed by atoms with Crippen LogP contribution in [-0.2, 0) is 14.3 Å². The van der Waals surface area contributed by atoms with Gasteiger partial charge in [0.05, 0.1) is 13.2 Å². The number of ether oxygens (including phenoxy) is 1. The van der Waals surface area contributed by atoms with Gasteiger partial charge in [0.2, 0.25) is 17.8 Å². The van der Waals surface area contributed by atoms with Gasteiger partial charge >= 0.3 is 0 Å². The monoisotopic (exact) mass is 423 g/mol. The second-order valence-corrected chi connectivity index (χ2v) is 8.38. The van der Waals surface area contributed by atoms with Crippen molar-refractivity contribution < 1.29 is 14.3 Å². The van der Waals surface area contributed by atoms with E-state index in [0.717, 1.165) is 37.1 Å². The molecule has 0 atom stereocenters. The Morgan fingerprint density at radius 2 is 1.61 bits per heavy atom. The first kappa shape index (κ1) is 21.2. The number of rotatable bonds is 7. The van der Waals surface area contributed by atoms with Crippen LogP contribution in [-0.4, -0.2) is 53.0 Å². The highest BCUT2D eigenvalue weighted by Gasteiger charge is 2.39. The van der Waals surface area contributed by atoms with Gasteiger partial charge in [-0.1, -0.05) is 12.8 Å². The molecule has 31 heavy (non-hydrogen) atoms. The molecule has 2 N–H and O–H groups in total. The second kappa shape index (κ2) is 9.87. The molecule has 1 aliphatic heterocycles. The maximum Gasteiger partial charge on any atom is 0.227 e. The Morgan fingerprint density at radius 3 is 2.29 bits per heavy atom. The second-order valence-electron chi connectivity index (χ2n) is 8.38. The van der Waals surface area contributed by atoms with Crippen molar-refractivity contribution in [3.8, 4) is 0 Å². The number of hydrogen-bond donors (Lipinski definition) is 2. The number of nitrogens with zero attached hydrogens (tertiary/aromatic N) is 3. The summed E-state index contributed by atoms with van der Waals surface area (Å²) in [6.45, 7) is 2.49. The number of amides is 2. The van der Waals surface area contributed by atoms with E-state index in [1.807, 2.05) is 29.2 Å². The van der Waals surface area contributed by atoms with Gasteiger partial charge in [-0.05, 0) is 48.6 Å². The quantitative estimate of drug-likeness (QED) is 0.709. The molecule has 2 aromatic rings. The molecule has 8 nitrogen and oxygen atoms in total. The van der Waals surface area contributed by atoms with Crippen molar-refractivity contribution in [1.82, 2.24) is 14.9 Å². The first-order valence-corrected chi connectivity index (χ1v) is 10.9. The highest BCUT2D eigenvalue weighted by Crippen LogP contribution is 2.44. The lowest BCUT2D eigenvalue weighted by atomic mass is 9.78. The molecule has 164 valence electrons. The summed E-state index contributed by atoms with van der Waals surface area (Å²) >= 11 is 0. The van der Waals surface area contributed by atoms with Crippen molar-refractivity contribution in [2.45, 2.75) is 38.5 Å². The number of benzene rings is 1. The Bertz CT molecular complexity index is 876. The van der Waals surface area contributed by atoms with Crippen LogP contribution in [0, 0.1) is 5.41 Å². The molecule has 1 aliphatic carbocycles. The predicted octanol–water partition coefficient (Wildman–Crippen LogP) is 3.36. The summed E-state index contributed by atoms with van der Waals surface area (Å²) in [5.74, 6) is 0.632. The van der Waals surface area contributed by atoms with Gasteiger partial charge in [-0.2, -0.15) is 0 Å². The summed E-state index contributed by atoms with van der Waals surface area (Å²) in [6.07, 6.45) is 8.17. The first-order valence-electron chi connectivity index (χ1n) is 10.9. The molecule has 2 fully saturated rings. The molecule has 0 unspecified atom stereocenters. The van der Waals surface area contributed by atoms with Crippen LogP contribution in [0.5, 0.6) is 0 Å². The number of carbonyl (C=O) groups is 2. The molecule has 1 aromatic carbocycles. The van der Waals surface area contributed by atoms with Crippen LogP contribution in [0.2, 0.25) is 0 Å². The fourth-order valence-corrected chi connectivity index (χ4v) is 4.46. The van der Waals surface area contributed by atoms with Gasteiger partial charge in [0.25, 0.3) is 0 Å². The van der Waals surface area contributed by atoms with E-state index in [2.05, 4.69) is 20.6 Å². The smallest absolute Gasteiger partial charge is 0.227 e. The summed E-state index contributed by atoms with van der Waals surface area (Å²) < 4.78 is 5.35. The van der Waals surface area contributed by atoms with E-state index in [1.54, 1.807) is 18.5 Å². The lowest BCUT2D eigenvalue weighted by molar-refractivity contribution is -0.138. The highest BCUT2D eigenvalue weighted by atomic mass is 16.5. The summed E-state index contributed by atoms with van der Waals surface area (Å²) in [4.78, 5) is 35.8. The number of aromatic nitrogens is 2. The van der Waals surface area contributed by atoms with E-state index in [9.17, 15) is 9.59 Å². The molecular formula is C23H29N5O3. The van der Waals surface area contributed by atoms with Gasteiger partial charge in [0.1, 0.15) is 0 Å². The minimum atomic E-state index is -0.231. The zero-order valence-corrected chi connectivity index (χ0v) is 17.7. The third-order valence-electron chi connectivity index (χ3n) is 6.08. The van der Waals surface area contributed by atoms with Crippen LogP contribution < -0.4 is 10.6 Å². The number of anilines is 3. The fraction of sp³-hybridized carbons (Fsp3) is 0.478. The Kier molecular flexibility index (Phi) is 6.76. The largest absolute Gasteiger partial charge is 0.378 e. The number of nitrogens with one attached hydrogen (secondary N) is 2. The van der Waals surface area contributed by atoms with Crippen molar-refractivity contribution in [3.05, 3.63) is 42.7 Å². The van der Waals surface area contributed by atoms with Crippen molar-refractivity contribution in [1.29, 1.82) is 0 Å². The third kappa shape index (κ3) is 5.79. The van der Waals surface area contributed by atoms with Gasteiger partial charge in [-0.25, -0.2) is 9.97 Å². The maximum absolute atomic E-state index is 12.8. The molecule has 0 spiro atoms. The summed E-state index contributed by atoms with van der Waals surface area (Å²) in [7, 11) is 0. The minimum absolute atomic E-state index is 0.0382. The van der Waals surface area contributed by atoms with Gasteiger partial charge in [-0.15, -0.1) is 0 Å². The zero-order chi connectivity index (χ0) is 21.5. The molecular weight excluding hydrogens is 394 g/mol. The molecule has 0 radical (unpaired) electrons. The Balaban J connectivity index is 1.33. The predicted molar refractivity (Wildman–Crippen MR) is 118 cm³/mol. The van der Waals surface area contributed by atoms with E-state index in [4.69, 9.17) is 4.74 Å².